The second-order valence-electron chi connectivity index (χ2n) is 5.09. The van der Waals surface area contributed by atoms with Gasteiger partial charge < -0.3 is 10.4 Å². The summed E-state index contributed by atoms with van der Waals surface area (Å²) in [6.07, 6.45) is -7.08. The summed E-state index contributed by atoms with van der Waals surface area (Å²) in [4.78, 5) is 8.29. The van der Waals surface area contributed by atoms with Crippen molar-refractivity contribution in [3.05, 3.63) is 16.5 Å². The molecule has 108 valence electrons. The van der Waals surface area contributed by atoms with Crippen molar-refractivity contribution in [1.29, 1.82) is 0 Å². The Labute approximate surface area is 117 Å². The molecule has 0 aliphatic heterocycles. The Hall–Kier alpha value is -0.890. The maximum Gasteiger partial charge on any atom is 0.416 e. The summed E-state index contributed by atoms with van der Waals surface area (Å²) in [6.45, 7) is 5.02. The van der Waals surface area contributed by atoms with E-state index in [1.165, 1.54) is 6.07 Å². The Balaban J connectivity index is 2.83. The van der Waals surface area contributed by atoms with Gasteiger partial charge in [0.2, 0.25) is 0 Å². The van der Waals surface area contributed by atoms with Gasteiger partial charge in [0, 0.05) is 11.5 Å². The van der Waals surface area contributed by atoms with Gasteiger partial charge in [0.05, 0.1) is 6.54 Å². The van der Waals surface area contributed by atoms with Gasteiger partial charge in [0.25, 0.3) is 0 Å². The van der Waals surface area contributed by atoms with Crippen molar-refractivity contribution in [3.63, 3.8) is 0 Å². The van der Waals surface area contributed by atoms with Crippen molar-refractivity contribution in [3.8, 4) is 0 Å². The van der Waals surface area contributed by atoms with Crippen LogP contribution in [0.4, 0.5) is 19.0 Å². The minimum absolute atomic E-state index is 0.232. The molecule has 1 rings (SSSR count). The summed E-state index contributed by atoms with van der Waals surface area (Å²) in [5.41, 5.74) is -0.331. The molecular formula is C11H15BrF3N3O. The Morgan fingerprint density at radius 2 is 1.89 bits per heavy atom. The lowest BCUT2D eigenvalue weighted by Crippen LogP contribution is -2.35. The van der Waals surface area contributed by atoms with Crippen molar-refractivity contribution in [2.45, 2.75) is 38.5 Å². The van der Waals surface area contributed by atoms with E-state index in [4.69, 9.17) is 5.11 Å². The Bertz CT molecular complexity index is 446. The number of aromatic nitrogens is 2. The molecule has 0 aromatic carbocycles. The van der Waals surface area contributed by atoms with Crippen molar-refractivity contribution < 1.29 is 18.3 Å². The summed E-state index contributed by atoms with van der Waals surface area (Å²) in [5.74, 6) is 0.723. The summed E-state index contributed by atoms with van der Waals surface area (Å²) in [6, 6.07) is 1.46. The highest BCUT2D eigenvalue weighted by Crippen LogP contribution is 2.23. The molecule has 0 bridgehead atoms. The minimum Gasteiger partial charge on any atom is -0.382 e. The first-order valence-electron chi connectivity index (χ1n) is 5.54. The van der Waals surface area contributed by atoms with E-state index < -0.39 is 18.8 Å². The van der Waals surface area contributed by atoms with Gasteiger partial charge >= 0.3 is 6.18 Å². The van der Waals surface area contributed by atoms with Crippen LogP contribution in [0.25, 0.3) is 0 Å². The topological polar surface area (TPSA) is 58.0 Å². The molecule has 4 nitrogen and oxygen atoms in total. The second kappa shape index (κ2) is 5.62. The fourth-order valence-corrected chi connectivity index (χ4v) is 1.55. The third kappa shape index (κ3) is 4.94. The zero-order valence-corrected chi connectivity index (χ0v) is 12.3. The van der Waals surface area contributed by atoms with Gasteiger partial charge in [-0.05, 0) is 15.9 Å². The van der Waals surface area contributed by atoms with E-state index in [0.29, 0.717) is 10.4 Å². The van der Waals surface area contributed by atoms with Crippen molar-refractivity contribution in [1.82, 2.24) is 9.97 Å². The lowest BCUT2D eigenvalue weighted by Gasteiger charge is -2.19. The van der Waals surface area contributed by atoms with Gasteiger partial charge in [-0.15, -0.1) is 0 Å². The van der Waals surface area contributed by atoms with Gasteiger partial charge in [-0.3, -0.25) is 0 Å². The quantitative estimate of drug-likeness (QED) is 0.830. The number of nitrogens with one attached hydrogen (secondary N) is 1. The number of hydrogen-bond acceptors (Lipinski definition) is 4. The first-order chi connectivity index (χ1) is 8.50. The van der Waals surface area contributed by atoms with Gasteiger partial charge in [-0.25, -0.2) is 9.97 Å². The number of aliphatic hydroxyl groups excluding tert-OH is 1. The molecule has 1 aromatic rings. The highest BCUT2D eigenvalue weighted by atomic mass is 79.9. The number of anilines is 1. The smallest absolute Gasteiger partial charge is 0.382 e. The fraction of sp³-hybridized carbons (Fsp3) is 0.636. The molecule has 0 saturated heterocycles. The van der Waals surface area contributed by atoms with Crippen molar-refractivity contribution in [2.24, 2.45) is 0 Å². The minimum atomic E-state index is -4.65. The predicted octanol–water partition coefficient (Wildman–Crippen LogP) is 2.87. The summed E-state index contributed by atoms with van der Waals surface area (Å²) in [5, 5.41) is 11.4. The number of hydrogen-bond donors (Lipinski definition) is 2. The van der Waals surface area contributed by atoms with Crippen LogP contribution in [-0.4, -0.2) is 33.9 Å². The third-order valence-electron chi connectivity index (χ3n) is 2.22. The Morgan fingerprint density at radius 1 is 1.32 bits per heavy atom. The van der Waals surface area contributed by atoms with Crippen LogP contribution in [0.3, 0.4) is 0 Å². The van der Waals surface area contributed by atoms with Gasteiger partial charge in [0.1, 0.15) is 16.2 Å². The molecule has 0 fully saturated rings. The summed E-state index contributed by atoms with van der Waals surface area (Å²) >= 11 is 3.18. The number of nitrogens with zero attached hydrogens (tertiary/aromatic N) is 2. The predicted molar refractivity (Wildman–Crippen MR) is 69.0 cm³/mol. The van der Waals surface area contributed by atoms with E-state index in [-0.39, 0.29) is 11.2 Å². The van der Waals surface area contributed by atoms with Crippen molar-refractivity contribution >= 4 is 21.7 Å². The molecule has 1 unspecified atom stereocenters. The van der Waals surface area contributed by atoms with Crippen LogP contribution in [0, 0.1) is 0 Å². The molecule has 0 spiro atoms. The van der Waals surface area contributed by atoms with Crippen LogP contribution in [0.1, 0.15) is 26.6 Å². The van der Waals surface area contributed by atoms with E-state index in [2.05, 4.69) is 31.2 Å². The van der Waals surface area contributed by atoms with Crippen LogP contribution < -0.4 is 5.32 Å². The lowest BCUT2D eigenvalue weighted by molar-refractivity contribution is -0.198. The average molecular weight is 342 g/mol. The highest BCUT2D eigenvalue weighted by Gasteiger charge is 2.37. The average Bonchev–Trinajstić information content (AvgIpc) is 2.22. The van der Waals surface area contributed by atoms with Crippen LogP contribution in [-0.2, 0) is 5.41 Å². The molecule has 1 atom stereocenters. The van der Waals surface area contributed by atoms with E-state index in [0.717, 1.165) is 0 Å². The second-order valence-corrected chi connectivity index (χ2v) is 5.90. The Morgan fingerprint density at radius 3 is 2.37 bits per heavy atom. The Kier molecular flexibility index (Phi) is 4.78. The standard InChI is InChI=1S/C11H15BrF3N3O/c1-10(2,3)9-17-7(12)4-8(18-9)16-5-6(19)11(13,14)15/h4,6,19H,5H2,1-3H3,(H,16,17,18). The number of rotatable bonds is 3. The molecule has 1 heterocycles. The van der Waals surface area contributed by atoms with Crippen LogP contribution in [0.15, 0.2) is 10.7 Å². The lowest BCUT2D eigenvalue weighted by atomic mass is 9.96. The first kappa shape index (κ1) is 16.2. The van der Waals surface area contributed by atoms with Crippen LogP contribution in [0.5, 0.6) is 0 Å². The molecule has 19 heavy (non-hydrogen) atoms. The van der Waals surface area contributed by atoms with Crippen LogP contribution >= 0.6 is 15.9 Å². The first-order valence-corrected chi connectivity index (χ1v) is 6.33. The molecule has 0 aliphatic rings. The van der Waals surface area contributed by atoms with Crippen molar-refractivity contribution in [2.75, 3.05) is 11.9 Å². The molecule has 1 aromatic heterocycles. The van der Waals surface area contributed by atoms with Gasteiger partial charge in [-0.2, -0.15) is 13.2 Å². The van der Waals surface area contributed by atoms with E-state index in [9.17, 15) is 13.2 Å². The highest BCUT2D eigenvalue weighted by molar-refractivity contribution is 9.10. The van der Waals surface area contributed by atoms with Gasteiger partial charge in [0.15, 0.2) is 6.10 Å². The monoisotopic (exact) mass is 341 g/mol. The normalized spacial score (nSPS) is 14.3. The largest absolute Gasteiger partial charge is 0.416 e. The molecule has 0 radical (unpaired) electrons. The zero-order valence-electron chi connectivity index (χ0n) is 10.7. The fourth-order valence-electron chi connectivity index (χ4n) is 1.16. The summed E-state index contributed by atoms with van der Waals surface area (Å²) in [7, 11) is 0. The summed E-state index contributed by atoms with van der Waals surface area (Å²) < 4.78 is 37.0. The maximum atomic E-state index is 12.2. The number of halogens is 4. The van der Waals surface area contributed by atoms with Gasteiger partial charge in [-0.1, -0.05) is 20.8 Å². The maximum absolute atomic E-state index is 12.2. The SMILES string of the molecule is CC(C)(C)c1nc(Br)cc(NCC(O)C(F)(F)F)n1. The van der Waals surface area contributed by atoms with E-state index >= 15 is 0 Å². The molecular weight excluding hydrogens is 327 g/mol. The number of alkyl halides is 3. The molecule has 8 heteroatoms. The molecule has 2 N–H and O–H groups in total. The van der Waals surface area contributed by atoms with E-state index in [1.807, 2.05) is 20.8 Å². The molecule has 0 amide bonds. The molecule has 0 aliphatic carbocycles. The van der Waals surface area contributed by atoms with Crippen LogP contribution in [0.2, 0.25) is 0 Å². The zero-order chi connectivity index (χ0) is 14.8. The van der Waals surface area contributed by atoms with E-state index in [1.54, 1.807) is 0 Å². The number of aliphatic hydroxyl groups is 1. The third-order valence-corrected chi connectivity index (χ3v) is 2.63. The molecule has 0 saturated carbocycles.